The summed E-state index contributed by atoms with van der Waals surface area (Å²) in [7, 11) is 3.25. The summed E-state index contributed by atoms with van der Waals surface area (Å²) in [5.41, 5.74) is 1.57. The third-order valence-electron chi connectivity index (χ3n) is 2.95. The largest absolute Gasteiger partial charge is 0.465 e. The highest BCUT2D eigenvalue weighted by atomic mass is 16.5. The molecule has 5 nitrogen and oxygen atoms in total. The molecule has 1 N–H and O–H groups in total. The van der Waals surface area contributed by atoms with Gasteiger partial charge in [0.2, 0.25) is 5.91 Å². The van der Waals surface area contributed by atoms with Crippen molar-refractivity contribution in [2.75, 3.05) is 27.2 Å². The third kappa shape index (κ3) is 6.40. The van der Waals surface area contributed by atoms with Crippen molar-refractivity contribution in [3.05, 3.63) is 35.4 Å². The van der Waals surface area contributed by atoms with Gasteiger partial charge in [-0.25, -0.2) is 4.79 Å². The molecule has 1 aromatic carbocycles. The minimum Gasteiger partial charge on any atom is -0.465 e. The van der Waals surface area contributed by atoms with Crippen LogP contribution >= 0.6 is 0 Å². The molecule has 0 fully saturated rings. The number of hydrogen-bond acceptors (Lipinski definition) is 4. The van der Waals surface area contributed by atoms with Crippen LogP contribution in [0.1, 0.15) is 29.8 Å². The molecule has 1 aromatic rings. The van der Waals surface area contributed by atoms with Crippen molar-refractivity contribution >= 4 is 11.9 Å². The van der Waals surface area contributed by atoms with Crippen LogP contribution in [0.4, 0.5) is 0 Å². The number of hydrogen-bond donors (Lipinski definition) is 1. The molecule has 0 radical (unpaired) electrons. The zero-order valence-corrected chi connectivity index (χ0v) is 13.2. The van der Waals surface area contributed by atoms with Gasteiger partial charge in [-0.1, -0.05) is 26.0 Å². The Kier molecular flexibility index (Phi) is 6.88. The molecule has 1 rings (SSSR count). The van der Waals surface area contributed by atoms with E-state index < -0.39 is 0 Å². The lowest BCUT2D eigenvalue weighted by Gasteiger charge is -2.17. The first-order valence-corrected chi connectivity index (χ1v) is 7.05. The summed E-state index contributed by atoms with van der Waals surface area (Å²) in [5, 5.41) is 2.89. The monoisotopic (exact) mass is 292 g/mol. The van der Waals surface area contributed by atoms with E-state index in [9.17, 15) is 9.59 Å². The summed E-state index contributed by atoms with van der Waals surface area (Å²) < 4.78 is 4.65. The summed E-state index contributed by atoms with van der Waals surface area (Å²) >= 11 is 0. The van der Waals surface area contributed by atoms with Crippen molar-refractivity contribution in [2.24, 2.45) is 5.92 Å². The predicted octanol–water partition coefficient (Wildman–Crippen LogP) is 1.68. The number of nitrogens with one attached hydrogen (secondary N) is 1. The number of methoxy groups -OCH3 is 1. The van der Waals surface area contributed by atoms with E-state index in [-0.39, 0.29) is 11.9 Å². The lowest BCUT2D eigenvalue weighted by Crippen LogP contribution is -2.36. The van der Waals surface area contributed by atoms with Crippen LogP contribution in [0, 0.1) is 5.92 Å². The molecule has 21 heavy (non-hydrogen) atoms. The normalized spacial score (nSPS) is 10.8. The van der Waals surface area contributed by atoms with Gasteiger partial charge in [0.15, 0.2) is 0 Å². The SMILES string of the molecule is COC(=O)c1ccc(CN(C)CC(=O)NCC(C)C)cc1. The van der Waals surface area contributed by atoms with E-state index in [4.69, 9.17) is 0 Å². The summed E-state index contributed by atoms with van der Waals surface area (Å²) in [6.45, 7) is 5.82. The van der Waals surface area contributed by atoms with Crippen LogP contribution in [0.15, 0.2) is 24.3 Å². The maximum Gasteiger partial charge on any atom is 0.337 e. The van der Waals surface area contributed by atoms with Gasteiger partial charge in [-0.15, -0.1) is 0 Å². The average molecular weight is 292 g/mol. The molecular formula is C16H24N2O3. The van der Waals surface area contributed by atoms with E-state index >= 15 is 0 Å². The maximum absolute atomic E-state index is 11.7. The Hall–Kier alpha value is -1.88. The van der Waals surface area contributed by atoms with E-state index in [1.165, 1.54) is 7.11 Å². The van der Waals surface area contributed by atoms with Crippen LogP contribution in [-0.4, -0.2) is 44.0 Å². The van der Waals surface area contributed by atoms with Crippen LogP contribution in [-0.2, 0) is 16.1 Å². The highest BCUT2D eigenvalue weighted by Crippen LogP contribution is 2.07. The van der Waals surface area contributed by atoms with Gasteiger partial charge in [-0.3, -0.25) is 9.69 Å². The fourth-order valence-electron chi connectivity index (χ4n) is 1.85. The smallest absolute Gasteiger partial charge is 0.337 e. The number of carbonyl (C=O) groups excluding carboxylic acids is 2. The molecule has 5 heteroatoms. The lowest BCUT2D eigenvalue weighted by atomic mass is 10.1. The molecule has 0 heterocycles. The van der Waals surface area contributed by atoms with Crippen molar-refractivity contribution in [2.45, 2.75) is 20.4 Å². The average Bonchev–Trinajstić information content (AvgIpc) is 2.45. The molecule has 1 amide bonds. The molecule has 116 valence electrons. The minimum atomic E-state index is -0.344. The molecule has 0 unspecified atom stereocenters. The number of carbonyl (C=O) groups is 2. The van der Waals surface area contributed by atoms with E-state index in [2.05, 4.69) is 23.9 Å². The standard InChI is InChI=1S/C16H24N2O3/c1-12(2)9-17-15(19)11-18(3)10-13-5-7-14(8-6-13)16(20)21-4/h5-8,12H,9-11H2,1-4H3,(H,17,19). The van der Waals surface area contributed by atoms with Crippen molar-refractivity contribution in [3.8, 4) is 0 Å². The summed E-state index contributed by atoms with van der Waals surface area (Å²) in [6, 6.07) is 7.20. The number of ether oxygens (including phenoxy) is 1. The zero-order valence-electron chi connectivity index (χ0n) is 13.2. The van der Waals surface area contributed by atoms with E-state index in [0.29, 0.717) is 31.1 Å². The lowest BCUT2D eigenvalue weighted by molar-refractivity contribution is -0.122. The number of amides is 1. The molecule has 0 aliphatic rings. The molecule has 0 saturated heterocycles. The zero-order chi connectivity index (χ0) is 15.8. The molecular weight excluding hydrogens is 268 g/mol. The molecule has 0 aliphatic heterocycles. The highest BCUT2D eigenvalue weighted by molar-refractivity contribution is 5.89. The van der Waals surface area contributed by atoms with E-state index in [0.717, 1.165) is 5.56 Å². The van der Waals surface area contributed by atoms with Gasteiger partial charge in [-0.05, 0) is 30.7 Å². The second-order valence-electron chi connectivity index (χ2n) is 5.56. The first-order valence-electron chi connectivity index (χ1n) is 7.05. The number of nitrogens with zero attached hydrogens (tertiary/aromatic N) is 1. The van der Waals surface area contributed by atoms with Crippen LogP contribution in [0.2, 0.25) is 0 Å². The molecule has 0 saturated carbocycles. The van der Waals surface area contributed by atoms with Crippen molar-refractivity contribution in [1.29, 1.82) is 0 Å². The Balaban J connectivity index is 2.45. The first kappa shape index (κ1) is 17.2. The Morgan fingerprint density at radius 3 is 2.38 bits per heavy atom. The van der Waals surface area contributed by atoms with E-state index in [1.807, 2.05) is 24.1 Å². The number of esters is 1. The van der Waals surface area contributed by atoms with Gasteiger partial charge < -0.3 is 10.1 Å². The number of benzene rings is 1. The first-order chi connectivity index (χ1) is 9.92. The Bertz CT molecular complexity index is 469. The van der Waals surface area contributed by atoms with Crippen LogP contribution in [0.25, 0.3) is 0 Å². The Morgan fingerprint density at radius 2 is 1.86 bits per heavy atom. The number of rotatable bonds is 7. The second-order valence-corrected chi connectivity index (χ2v) is 5.56. The van der Waals surface area contributed by atoms with Crippen LogP contribution in [0.3, 0.4) is 0 Å². The minimum absolute atomic E-state index is 0.0254. The fourth-order valence-corrected chi connectivity index (χ4v) is 1.85. The molecule has 0 spiro atoms. The summed E-state index contributed by atoms with van der Waals surface area (Å²) in [5.74, 6) is 0.130. The van der Waals surface area contributed by atoms with Gasteiger partial charge in [-0.2, -0.15) is 0 Å². The van der Waals surface area contributed by atoms with Crippen LogP contribution < -0.4 is 5.32 Å². The quantitative estimate of drug-likeness (QED) is 0.777. The second kappa shape index (κ2) is 8.42. The fraction of sp³-hybridized carbons (Fsp3) is 0.500. The summed E-state index contributed by atoms with van der Waals surface area (Å²) in [4.78, 5) is 25.0. The van der Waals surface area contributed by atoms with Gasteiger partial charge in [0.1, 0.15) is 0 Å². The van der Waals surface area contributed by atoms with Crippen molar-refractivity contribution < 1.29 is 14.3 Å². The molecule has 0 atom stereocenters. The molecule has 0 bridgehead atoms. The van der Waals surface area contributed by atoms with Gasteiger partial charge in [0.05, 0.1) is 19.2 Å². The third-order valence-corrected chi connectivity index (χ3v) is 2.95. The van der Waals surface area contributed by atoms with Gasteiger partial charge in [0.25, 0.3) is 0 Å². The molecule has 0 aliphatic carbocycles. The topological polar surface area (TPSA) is 58.6 Å². The summed E-state index contributed by atoms with van der Waals surface area (Å²) in [6.07, 6.45) is 0. The highest BCUT2D eigenvalue weighted by Gasteiger charge is 2.09. The van der Waals surface area contributed by atoms with Gasteiger partial charge >= 0.3 is 5.97 Å². The Labute approximate surface area is 126 Å². The van der Waals surface area contributed by atoms with Crippen molar-refractivity contribution in [3.63, 3.8) is 0 Å². The Morgan fingerprint density at radius 1 is 1.24 bits per heavy atom. The number of likely N-dealkylation sites (N-methyl/N-ethyl adjacent to an activating group) is 1. The van der Waals surface area contributed by atoms with Gasteiger partial charge in [0, 0.05) is 13.1 Å². The van der Waals surface area contributed by atoms with Crippen molar-refractivity contribution in [1.82, 2.24) is 10.2 Å². The maximum atomic E-state index is 11.7. The van der Waals surface area contributed by atoms with E-state index in [1.54, 1.807) is 12.1 Å². The van der Waals surface area contributed by atoms with Crippen LogP contribution in [0.5, 0.6) is 0 Å². The molecule has 0 aromatic heterocycles. The predicted molar refractivity (Wildman–Crippen MR) is 82.0 cm³/mol.